The third-order valence-corrected chi connectivity index (χ3v) is 5.27. The largest absolute Gasteiger partial charge is 0.487 e. The summed E-state index contributed by atoms with van der Waals surface area (Å²) in [6, 6.07) is 20.9. The van der Waals surface area contributed by atoms with Crippen LogP contribution in [0, 0.1) is 12.7 Å². The molecule has 164 valence electrons. The first-order valence-corrected chi connectivity index (χ1v) is 10.4. The Labute approximate surface area is 188 Å². The maximum atomic E-state index is 13.4. The van der Waals surface area contributed by atoms with Gasteiger partial charge in [-0.05, 0) is 42.8 Å². The van der Waals surface area contributed by atoms with Gasteiger partial charge in [-0.15, -0.1) is 5.10 Å². The van der Waals surface area contributed by atoms with E-state index in [0.717, 1.165) is 11.3 Å². The summed E-state index contributed by atoms with van der Waals surface area (Å²) < 4.78 is 22.2. The molecule has 0 aliphatic heterocycles. The van der Waals surface area contributed by atoms with E-state index in [0.29, 0.717) is 28.2 Å². The molecule has 2 aromatic heterocycles. The molecule has 0 radical (unpaired) electrons. The highest BCUT2D eigenvalue weighted by atomic mass is 19.1. The summed E-state index contributed by atoms with van der Waals surface area (Å²) in [7, 11) is 0. The molecule has 0 aliphatic rings. The first-order chi connectivity index (χ1) is 16.1. The van der Waals surface area contributed by atoms with Gasteiger partial charge in [-0.2, -0.15) is 0 Å². The molecule has 0 aliphatic carbocycles. The Morgan fingerprint density at radius 2 is 1.82 bits per heavy atom. The van der Waals surface area contributed by atoms with E-state index in [1.807, 2.05) is 49.4 Å². The Hall–Kier alpha value is -4.33. The molecule has 0 N–H and O–H groups in total. The highest BCUT2D eigenvalue weighted by Crippen LogP contribution is 2.17. The molecule has 0 saturated heterocycles. The second kappa shape index (κ2) is 8.66. The number of hydrogen-bond donors (Lipinski definition) is 0. The Bertz CT molecular complexity index is 1510. The van der Waals surface area contributed by atoms with Crippen molar-refractivity contribution in [2.24, 2.45) is 0 Å². The van der Waals surface area contributed by atoms with Crippen LogP contribution in [0.5, 0.6) is 5.75 Å². The molecule has 0 unspecified atom stereocenters. The average Bonchev–Trinajstić information content (AvgIpc) is 3.26. The van der Waals surface area contributed by atoms with E-state index in [-0.39, 0.29) is 24.5 Å². The molecule has 5 aromatic rings. The van der Waals surface area contributed by atoms with Gasteiger partial charge >= 0.3 is 0 Å². The smallest absolute Gasteiger partial charge is 0.266 e. The van der Waals surface area contributed by atoms with E-state index in [9.17, 15) is 9.18 Å². The Balaban J connectivity index is 1.48. The molecule has 0 amide bonds. The molecule has 7 nitrogen and oxygen atoms in total. The van der Waals surface area contributed by atoms with Crippen molar-refractivity contribution in [1.82, 2.24) is 24.5 Å². The van der Waals surface area contributed by atoms with Gasteiger partial charge in [0.15, 0.2) is 0 Å². The number of hydrogen-bond acceptors (Lipinski definition) is 5. The quantitative estimate of drug-likeness (QED) is 0.397. The SMILES string of the molecule is Cc1ccccc1-n1c(Cn2cc(COc3cccc(F)c3)nn2)nc2ccccc2c1=O. The zero-order valence-electron chi connectivity index (χ0n) is 17.9. The van der Waals surface area contributed by atoms with Crippen LogP contribution in [-0.2, 0) is 13.2 Å². The fourth-order valence-corrected chi connectivity index (χ4v) is 3.69. The van der Waals surface area contributed by atoms with Crippen molar-refractivity contribution in [3.05, 3.63) is 112 Å². The number of aromatic nitrogens is 5. The lowest BCUT2D eigenvalue weighted by Crippen LogP contribution is -2.26. The second-order valence-corrected chi connectivity index (χ2v) is 7.63. The molecule has 5 rings (SSSR count). The van der Waals surface area contributed by atoms with Gasteiger partial charge in [0.05, 0.1) is 22.8 Å². The minimum atomic E-state index is -0.368. The molecule has 0 atom stereocenters. The van der Waals surface area contributed by atoms with Gasteiger partial charge in [-0.1, -0.05) is 41.6 Å². The molecular weight excluding hydrogens is 421 g/mol. The molecule has 33 heavy (non-hydrogen) atoms. The lowest BCUT2D eigenvalue weighted by molar-refractivity contribution is 0.299. The summed E-state index contributed by atoms with van der Waals surface area (Å²) in [5, 5.41) is 8.85. The van der Waals surface area contributed by atoms with Crippen LogP contribution in [0.15, 0.2) is 83.8 Å². The minimum absolute atomic E-state index is 0.138. The molecule has 0 spiro atoms. The van der Waals surface area contributed by atoms with Gasteiger partial charge < -0.3 is 4.74 Å². The summed E-state index contributed by atoms with van der Waals surface area (Å²) in [5.74, 6) is 0.581. The van der Waals surface area contributed by atoms with E-state index in [2.05, 4.69) is 10.3 Å². The van der Waals surface area contributed by atoms with Crippen molar-refractivity contribution in [1.29, 1.82) is 0 Å². The number of para-hydroxylation sites is 2. The van der Waals surface area contributed by atoms with Gasteiger partial charge in [0.1, 0.15) is 36.2 Å². The standard InChI is InChI=1S/C25H20FN5O2/c1-17-7-2-5-12-23(17)31-24(27-22-11-4-3-10-21(22)25(31)32)15-30-14-19(28-29-30)16-33-20-9-6-8-18(26)13-20/h2-14H,15-16H2,1H3. The zero-order valence-corrected chi connectivity index (χ0v) is 17.9. The lowest BCUT2D eigenvalue weighted by Gasteiger charge is -2.15. The van der Waals surface area contributed by atoms with E-state index < -0.39 is 0 Å². The Morgan fingerprint density at radius 1 is 1.00 bits per heavy atom. The van der Waals surface area contributed by atoms with Gasteiger partial charge in [0, 0.05) is 6.07 Å². The molecule has 2 heterocycles. The Kier molecular flexibility index (Phi) is 5.40. The fraction of sp³-hybridized carbons (Fsp3) is 0.120. The number of rotatable bonds is 6. The van der Waals surface area contributed by atoms with Gasteiger partial charge in [0.25, 0.3) is 5.56 Å². The van der Waals surface area contributed by atoms with Crippen molar-refractivity contribution in [3.8, 4) is 11.4 Å². The van der Waals surface area contributed by atoms with Crippen molar-refractivity contribution in [2.75, 3.05) is 0 Å². The topological polar surface area (TPSA) is 74.8 Å². The van der Waals surface area contributed by atoms with Crippen LogP contribution < -0.4 is 10.3 Å². The third kappa shape index (κ3) is 4.23. The predicted octanol–water partition coefficient (Wildman–Crippen LogP) is 4.05. The maximum absolute atomic E-state index is 13.4. The maximum Gasteiger partial charge on any atom is 0.266 e. The van der Waals surface area contributed by atoms with Crippen LogP contribution in [0.2, 0.25) is 0 Å². The van der Waals surface area contributed by atoms with E-state index in [1.165, 1.54) is 12.1 Å². The van der Waals surface area contributed by atoms with Crippen LogP contribution >= 0.6 is 0 Å². The number of aryl methyl sites for hydroxylation is 1. The summed E-state index contributed by atoms with van der Waals surface area (Å²) in [6.45, 7) is 2.33. The molecule has 3 aromatic carbocycles. The summed E-state index contributed by atoms with van der Waals surface area (Å²) in [4.78, 5) is 18.2. The summed E-state index contributed by atoms with van der Waals surface area (Å²) >= 11 is 0. The number of nitrogens with zero attached hydrogens (tertiary/aromatic N) is 5. The van der Waals surface area contributed by atoms with Crippen LogP contribution in [-0.4, -0.2) is 24.5 Å². The predicted molar refractivity (Wildman–Crippen MR) is 122 cm³/mol. The third-order valence-electron chi connectivity index (χ3n) is 5.27. The summed E-state index contributed by atoms with van der Waals surface area (Å²) in [5.41, 5.74) is 2.79. The van der Waals surface area contributed by atoms with E-state index in [1.54, 1.807) is 33.6 Å². The van der Waals surface area contributed by atoms with Crippen LogP contribution in [0.1, 0.15) is 17.1 Å². The number of halogens is 1. The van der Waals surface area contributed by atoms with Gasteiger partial charge in [-0.3, -0.25) is 9.36 Å². The average molecular weight is 441 g/mol. The highest BCUT2D eigenvalue weighted by molar-refractivity contribution is 5.77. The molecular formula is C25H20FN5O2. The Morgan fingerprint density at radius 3 is 2.67 bits per heavy atom. The molecule has 0 fully saturated rings. The van der Waals surface area contributed by atoms with Crippen molar-refractivity contribution >= 4 is 10.9 Å². The monoisotopic (exact) mass is 441 g/mol. The van der Waals surface area contributed by atoms with E-state index in [4.69, 9.17) is 9.72 Å². The van der Waals surface area contributed by atoms with Crippen LogP contribution in [0.25, 0.3) is 16.6 Å². The number of benzene rings is 3. The van der Waals surface area contributed by atoms with E-state index >= 15 is 0 Å². The lowest BCUT2D eigenvalue weighted by atomic mass is 10.2. The van der Waals surface area contributed by atoms with Crippen molar-refractivity contribution < 1.29 is 9.13 Å². The molecule has 0 saturated carbocycles. The first kappa shape index (κ1) is 20.6. The molecule has 8 heteroatoms. The van der Waals surface area contributed by atoms with Crippen molar-refractivity contribution in [2.45, 2.75) is 20.1 Å². The van der Waals surface area contributed by atoms with Gasteiger partial charge in [-0.25, -0.2) is 14.1 Å². The summed E-state index contributed by atoms with van der Waals surface area (Å²) in [6.07, 6.45) is 1.73. The van der Waals surface area contributed by atoms with Crippen LogP contribution in [0.3, 0.4) is 0 Å². The second-order valence-electron chi connectivity index (χ2n) is 7.63. The zero-order chi connectivity index (χ0) is 22.8. The normalized spacial score (nSPS) is 11.1. The number of fused-ring (bicyclic) bond motifs is 1. The van der Waals surface area contributed by atoms with Gasteiger partial charge in [0.2, 0.25) is 0 Å². The minimum Gasteiger partial charge on any atom is -0.487 e. The number of ether oxygens (including phenoxy) is 1. The van der Waals surface area contributed by atoms with Crippen molar-refractivity contribution in [3.63, 3.8) is 0 Å². The fourth-order valence-electron chi connectivity index (χ4n) is 3.69. The molecule has 0 bridgehead atoms. The highest BCUT2D eigenvalue weighted by Gasteiger charge is 2.15. The van der Waals surface area contributed by atoms with Crippen LogP contribution in [0.4, 0.5) is 4.39 Å². The first-order valence-electron chi connectivity index (χ1n) is 10.4.